The predicted octanol–water partition coefficient (Wildman–Crippen LogP) is 4.90. The number of hydrogen-bond donors (Lipinski definition) is 1. The maximum Gasteiger partial charge on any atom is 0.124 e. The van der Waals surface area contributed by atoms with Gasteiger partial charge in [0.15, 0.2) is 0 Å². The quantitative estimate of drug-likeness (QED) is 0.753. The van der Waals surface area contributed by atoms with Crippen LogP contribution in [0.25, 0.3) is 0 Å². The van der Waals surface area contributed by atoms with E-state index < -0.39 is 0 Å². The van der Waals surface area contributed by atoms with Crippen LogP contribution >= 0.6 is 39.3 Å². The van der Waals surface area contributed by atoms with Crippen molar-refractivity contribution in [1.29, 1.82) is 0 Å². The largest absolute Gasteiger partial charge is 0.327 e. The Morgan fingerprint density at radius 2 is 2.05 bits per heavy atom. The average Bonchev–Trinajstić information content (AvgIpc) is 2.40. The van der Waals surface area contributed by atoms with Crippen LogP contribution in [0.3, 0.4) is 0 Å². The molecule has 0 aliphatic rings. The minimum absolute atomic E-state index is 0.0260. The summed E-state index contributed by atoms with van der Waals surface area (Å²) in [5.74, 6) is 0.495. The van der Waals surface area contributed by atoms with Gasteiger partial charge in [0.25, 0.3) is 0 Å². The summed E-state index contributed by atoms with van der Waals surface area (Å²) < 4.78 is 14.0. The molecule has 0 aliphatic heterocycles. The summed E-state index contributed by atoms with van der Waals surface area (Å²) in [6, 6.07) is 12.3. The third-order valence-electron chi connectivity index (χ3n) is 2.76. The molecule has 0 saturated heterocycles. The minimum atomic E-state index is -0.223. The van der Waals surface area contributed by atoms with E-state index in [0.717, 1.165) is 20.7 Å². The number of rotatable bonds is 5. The molecule has 1 nitrogen and oxygen atoms in total. The maximum atomic E-state index is 13.1. The standard InChI is InChI=1S/C15H14BrClFNS/c16-11-5-4-10(15(17)7-11)6-13(19)9-20-14-3-1-2-12(18)8-14/h1-5,7-8,13H,6,9,19H2. The zero-order valence-electron chi connectivity index (χ0n) is 10.7. The molecule has 0 spiro atoms. The van der Waals surface area contributed by atoms with Crippen LogP contribution in [-0.4, -0.2) is 11.8 Å². The molecule has 0 aliphatic carbocycles. The lowest BCUT2D eigenvalue weighted by molar-refractivity contribution is 0.624. The zero-order valence-corrected chi connectivity index (χ0v) is 13.8. The van der Waals surface area contributed by atoms with Crippen molar-refractivity contribution in [3.63, 3.8) is 0 Å². The van der Waals surface area contributed by atoms with E-state index in [1.807, 2.05) is 24.3 Å². The molecule has 1 atom stereocenters. The molecule has 2 aromatic rings. The molecular weight excluding hydrogens is 361 g/mol. The number of nitrogens with two attached hydrogens (primary N) is 1. The summed E-state index contributed by atoms with van der Waals surface area (Å²) in [6.07, 6.45) is 0.703. The third-order valence-corrected chi connectivity index (χ3v) is 4.78. The average molecular weight is 375 g/mol. The molecule has 106 valence electrons. The molecule has 1 unspecified atom stereocenters. The fourth-order valence-corrected chi connectivity index (χ4v) is 3.43. The molecule has 5 heteroatoms. The van der Waals surface area contributed by atoms with Crippen molar-refractivity contribution in [2.45, 2.75) is 17.4 Å². The highest BCUT2D eigenvalue weighted by atomic mass is 79.9. The smallest absolute Gasteiger partial charge is 0.124 e. The van der Waals surface area contributed by atoms with Gasteiger partial charge in [-0.25, -0.2) is 4.39 Å². The van der Waals surface area contributed by atoms with Crippen molar-refractivity contribution in [2.24, 2.45) is 5.73 Å². The van der Waals surface area contributed by atoms with Gasteiger partial charge in [0.05, 0.1) is 0 Å². The van der Waals surface area contributed by atoms with Crippen LogP contribution in [0.4, 0.5) is 4.39 Å². The lowest BCUT2D eigenvalue weighted by atomic mass is 10.1. The fraction of sp³-hybridized carbons (Fsp3) is 0.200. The topological polar surface area (TPSA) is 26.0 Å². The second kappa shape index (κ2) is 7.46. The Kier molecular flexibility index (Phi) is 5.90. The van der Waals surface area contributed by atoms with Gasteiger partial charge in [0.1, 0.15) is 5.82 Å². The predicted molar refractivity (Wildman–Crippen MR) is 88.0 cm³/mol. The van der Waals surface area contributed by atoms with Gasteiger partial charge in [0, 0.05) is 26.2 Å². The number of hydrogen-bond acceptors (Lipinski definition) is 2. The fourth-order valence-electron chi connectivity index (χ4n) is 1.79. The van der Waals surface area contributed by atoms with Crippen LogP contribution in [0.15, 0.2) is 51.8 Å². The van der Waals surface area contributed by atoms with Crippen molar-refractivity contribution in [2.75, 3.05) is 5.75 Å². The Hall–Kier alpha value is -0.550. The van der Waals surface area contributed by atoms with Gasteiger partial charge in [-0.15, -0.1) is 11.8 Å². The summed E-state index contributed by atoms with van der Waals surface area (Å²) in [5, 5.41) is 0.714. The lowest BCUT2D eigenvalue weighted by Gasteiger charge is -2.12. The van der Waals surface area contributed by atoms with Gasteiger partial charge in [-0.3, -0.25) is 0 Å². The molecule has 20 heavy (non-hydrogen) atoms. The molecule has 0 bridgehead atoms. The van der Waals surface area contributed by atoms with Gasteiger partial charge in [-0.2, -0.15) is 0 Å². The second-order valence-corrected chi connectivity index (χ2v) is 6.88. The number of thioether (sulfide) groups is 1. The van der Waals surface area contributed by atoms with E-state index in [1.165, 1.54) is 12.1 Å². The first-order valence-corrected chi connectivity index (χ1v) is 8.28. The summed E-state index contributed by atoms with van der Waals surface area (Å²) in [5.41, 5.74) is 7.14. The van der Waals surface area contributed by atoms with Gasteiger partial charge in [-0.1, -0.05) is 39.7 Å². The molecule has 0 saturated carbocycles. The van der Waals surface area contributed by atoms with E-state index in [9.17, 15) is 4.39 Å². The molecule has 0 fully saturated rings. The Morgan fingerprint density at radius 3 is 2.75 bits per heavy atom. The molecule has 0 amide bonds. The first kappa shape index (κ1) is 15.8. The molecule has 0 aromatic heterocycles. The van der Waals surface area contributed by atoms with Crippen LogP contribution < -0.4 is 5.73 Å². The minimum Gasteiger partial charge on any atom is -0.327 e. The van der Waals surface area contributed by atoms with E-state index >= 15 is 0 Å². The van der Waals surface area contributed by atoms with Crippen LogP contribution in [0.5, 0.6) is 0 Å². The molecule has 2 aromatic carbocycles. The summed E-state index contributed by atoms with van der Waals surface area (Å²) >= 11 is 11.1. The SMILES string of the molecule is NC(CSc1cccc(F)c1)Cc1ccc(Br)cc1Cl. The van der Waals surface area contributed by atoms with Crippen molar-refractivity contribution in [3.05, 3.63) is 63.3 Å². The van der Waals surface area contributed by atoms with E-state index in [2.05, 4.69) is 15.9 Å². The van der Waals surface area contributed by atoms with E-state index in [1.54, 1.807) is 17.8 Å². The first-order chi connectivity index (χ1) is 9.54. The van der Waals surface area contributed by atoms with Crippen LogP contribution in [-0.2, 0) is 6.42 Å². The summed E-state index contributed by atoms with van der Waals surface area (Å²) in [6.45, 7) is 0. The lowest BCUT2D eigenvalue weighted by Crippen LogP contribution is -2.25. The Bertz CT molecular complexity index is 594. The van der Waals surface area contributed by atoms with Gasteiger partial charge < -0.3 is 5.73 Å². The van der Waals surface area contributed by atoms with Crippen LogP contribution in [0.1, 0.15) is 5.56 Å². The Morgan fingerprint density at radius 1 is 1.25 bits per heavy atom. The highest BCUT2D eigenvalue weighted by molar-refractivity contribution is 9.10. The van der Waals surface area contributed by atoms with Crippen molar-refractivity contribution >= 4 is 39.3 Å². The first-order valence-electron chi connectivity index (χ1n) is 6.12. The highest BCUT2D eigenvalue weighted by Gasteiger charge is 2.09. The Balaban J connectivity index is 1.90. The molecule has 2 rings (SSSR count). The highest BCUT2D eigenvalue weighted by Crippen LogP contribution is 2.24. The van der Waals surface area contributed by atoms with Crippen molar-refractivity contribution < 1.29 is 4.39 Å². The summed E-state index contributed by atoms with van der Waals surface area (Å²) in [4.78, 5) is 0.891. The number of halogens is 3. The van der Waals surface area contributed by atoms with Crippen LogP contribution in [0, 0.1) is 5.82 Å². The van der Waals surface area contributed by atoms with E-state index in [-0.39, 0.29) is 11.9 Å². The third kappa shape index (κ3) is 4.77. The summed E-state index contributed by atoms with van der Waals surface area (Å²) in [7, 11) is 0. The van der Waals surface area contributed by atoms with Gasteiger partial charge in [-0.05, 0) is 42.3 Å². The van der Waals surface area contributed by atoms with Crippen LogP contribution in [0.2, 0.25) is 5.02 Å². The molecule has 0 radical (unpaired) electrons. The normalized spacial score (nSPS) is 12.4. The van der Waals surface area contributed by atoms with Gasteiger partial charge >= 0.3 is 0 Å². The van der Waals surface area contributed by atoms with Gasteiger partial charge in [0.2, 0.25) is 0 Å². The van der Waals surface area contributed by atoms with Crippen molar-refractivity contribution in [3.8, 4) is 0 Å². The maximum absolute atomic E-state index is 13.1. The van der Waals surface area contributed by atoms with Crippen molar-refractivity contribution in [1.82, 2.24) is 0 Å². The molecule has 0 heterocycles. The monoisotopic (exact) mass is 373 g/mol. The molecule has 2 N–H and O–H groups in total. The van der Waals surface area contributed by atoms with E-state index in [4.69, 9.17) is 17.3 Å². The van der Waals surface area contributed by atoms with E-state index in [0.29, 0.717) is 11.4 Å². The number of benzene rings is 2. The zero-order chi connectivity index (χ0) is 14.5. The Labute approximate surface area is 135 Å². The second-order valence-electron chi connectivity index (χ2n) is 4.47. The molecular formula is C15H14BrClFNS.